The Bertz CT molecular complexity index is 980. The SMILES string of the molecule is Cc1cc2c(cn1)c(-c1ccc(O)cc1)cn2C1CCC(N2CCNCC2)CC1. The van der Waals surface area contributed by atoms with E-state index in [0.717, 1.165) is 30.4 Å². The molecule has 0 atom stereocenters. The van der Waals surface area contributed by atoms with Crippen LogP contribution in [0.1, 0.15) is 37.4 Å². The zero-order chi connectivity index (χ0) is 19.8. The number of aromatic hydroxyl groups is 1. The van der Waals surface area contributed by atoms with Gasteiger partial charge in [0.1, 0.15) is 5.75 Å². The molecule has 2 fully saturated rings. The van der Waals surface area contributed by atoms with E-state index in [0.29, 0.717) is 11.8 Å². The van der Waals surface area contributed by atoms with E-state index in [4.69, 9.17) is 0 Å². The van der Waals surface area contributed by atoms with E-state index in [1.54, 1.807) is 12.1 Å². The molecule has 1 saturated carbocycles. The molecular formula is C24H30N4O. The molecule has 2 N–H and O–H groups in total. The van der Waals surface area contributed by atoms with Crippen LogP contribution >= 0.6 is 0 Å². The van der Waals surface area contributed by atoms with Crippen molar-refractivity contribution in [1.82, 2.24) is 19.8 Å². The monoisotopic (exact) mass is 390 g/mol. The molecule has 5 rings (SSSR count). The van der Waals surface area contributed by atoms with Crippen molar-refractivity contribution in [2.24, 2.45) is 0 Å². The molecule has 1 saturated heterocycles. The molecule has 5 nitrogen and oxygen atoms in total. The minimum absolute atomic E-state index is 0.303. The van der Waals surface area contributed by atoms with E-state index < -0.39 is 0 Å². The quantitative estimate of drug-likeness (QED) is 0.707. The fourth-order valence-corrected chi connectivity index (χ4v) is 5.17. The highest BCUT2D eigenvalue weighted by molar-refractivity contribution is 5.95. The van der Waals surface area contributed by atoms with E-state index in [9.17, 15) is 5.11 Å². The third-order valence-corrected chi connectivity index (χ3v) is 6.76. The van der Waals surface area contributed by atoms with Crippen molar-refractivity contribution in [2.45, 2.75) is 44.7 Å². The Kier molecular flexibility index (Phi) is 5.02. The van der Waals surface area contributed by atoms with Gasteiger partial charge in [0.05, 0.1) is 5.52 Å². The summed E-state index contributed by atoms with van der Waals surface area (Å²) in [6, 6.07) is 11.0. The number of piperazine rings is 1. The first-order valence-corrected chi connectivity index (χ1v) is 10.9. The third-order valence-electron chi connectivity index (χ3n) is 6.76. The maximum absolute atomic E-state index is 9.67. The van der Waals surface area contributed by atoms with E-state index in [-0.39, 0.29) is 0 Å². The summed E-state index contributed by atoms with van der Waals surface area (Å²) < 4.78 is 2.50. The Morgan fingerprint density at radius 2 is 1.69 bits per heavy atom. The fourth-order valence-electron chi connectivity index (χ4n) is 5.17. The molecule has 3 aromatic rings. The predicted octanol–water partition coefficient (Wildman–Crippen LogP) is 4.11. The number of aromatic nitrogens is 2. The smallest absolute Gasteiger partial charge is 0.115 e. The maximum Gasteiger partial charge on any atom is 0.115 e. The van der Waals surface area contributed by atoms with Crippen LogP contribution in [-0.4, -0.2) is 51.8 Å². The largest absolute Gasteiger partial charge is 0.508 e. The van der Waals surface area contributed by atoms with Crippen LogP contribution < -0.4 is 5.32 Å². The first-order chi connectivity index (χ1) is 14.2. The molecule has 1 aromatic carbocycles. The molecule has 3 heterocycles. The highest BCUT2D eigenvalue weighted by Crippen LogP contribution is 2.38. The second-order valence-corrected chi connectivity index (χ2v) is 8.59. The normalized spacial score (nSPS) is 23.5. The molecule has 0 unspecified atom stereocenters. The lowest BCUT2D eigenvalue weighted by Crippen LogP contribution is -2.49. The molecule has 0 spiro atoms. The van der Waals surface area contributed by atoms with Crippen LogP contribution in [0.2, 0.25) is 0 Å². The van der Waals surface area contributed by atoms with E-state index in [1.807, 2.05) is 18.3 Å². The number of phenolic OH excluding ortho intramolecular Hbond substituents is 1. The first kappa shape index (κ1) is 18.6. The number of hydrogen-bond acceptors (Lipinski definition) is 4. The Labute approximate surface area is 172 Å². The van der Waals surface area contributed by atoms with Gasteiger partial charge in [-0.3, -0.25) is 9.88 Å². The van der Waals surface area contributed by atoms with E-state index in [2.05, 4.69) is 39.0 Å². The van der Waals surface area contributed by atoms with E-state index in [1.165, 1.54) is 55.2 Å². The van der Waals surface area contributed by atoms with Crippen LogP contribution in [0.15, 0.2) is 42.7 Å². The van der Waals surface area contributed by atoms with Crippen LogP contribution in [0.3, 0.4) is 0 Å². The highest BCUT2D eigenvalue weighted by Gasteiger charge is 2.28. The number of rotatable bonds is 3. The van der Waals surface area contributed by atoms with Gasteiger partial charge in [0, 0.05) is 67.3 Å². The predicted molar refractivity (Wildman–Crippen MR) is 117 cm³/mol. The summed E-state index contributed by atoms with van der Waals surface area (Å²) in [6.07, 6.45) is 9.35. The molecule has 0 amide bonds. The summed E-state index contributed by atoms with van der Waals surface area (Å²) >= 11 is 0. The molecule has 2 aromatic heterocycles. The Hall–Kier alpha value is -2.37. The Morgan fingerprint density at radius 3 is 2.41 bits per heavy atom. The maximum atomic E-state index is 9.67. The summed E-state index contributed by atoms with van der Waals surface area (Å²) in [4.78, 5) is 7.26. The molecular weight excluding hydrogens is 360 g/mol. The summed E-state index contributed by atoms with van der Waals surface area (Å²) in [6.45, 7) is 6.71. The molecule has 0 bridgehead atoms. The average molecular weight is 391 g/mol. The average Bonchev–Trinajstić information content (AvgIpc) is 3.14. The Balaban J connectivity index is 1.44. The van der Waals surface area contributed by atoms with Gasteiger partial charge < -0.3 is 15.0 Å². The van der Waals surface area contributed by atoms with E-state index >= 15 is 0 Å². The Morgan fingerprint density at radius 1 is 1.00 bits per heavy atom. The minimum atomic E-state index is 0.303. The van der Waals surface area contributed by atoms with Crippen molar-refractivity contribution in [1.29, 1.82) is 0 Å². The second kappa shape index (κ2) is 7.81. The number of benzene rings is 1. The van der Waals surface area contributed by atoms with Gasteiger partial charge in [-0.25, -0.2) is 0 Å². The zero-order valence-electron chi connectivity index (χ0n) is 17.1. The number of aryl methyl sites for hydroxylation is 1. The van der Waals surface area contributed by atoms with Crippen molar-refractivity contribution in [3.05, 3.63) is 48.4 Å². The van der Waals surface area contributed by atoms with Crippen molar-refractivity contribution < 1.29 is 5.11 Å². The van der Waals surface area contributed by atoms with Crippen LogP contribution in [0, 0.1) is 6.92 Å². The van der Waals surface area contributed by atoms with Crippen molar-refractivity contribution in [2.75, 3.05) is 26.2 Å². The van der Waals surface area contributed by atoms with Gasteiger partial charge in [-0.15, -0.1) is 0 Å². The molecule has 2 aliphatic rings. The van der Waals surface area contributed by atoms with Gasteiger partial charge in [0.25, 0.3) is 0 Å². The van der Waals surface area contributed by atoms with Gasteiger partial charge in [0.2, 0.25) is 0 Å². The number of nitrogens with one attached hydrogen (secondary N) is 1. The van der Waals surface area contributed by atoms with Crippen LogP contribution in [0.25, 0.3) is 22.0 Å². The molecule has 0 radical (unpaired) electrons. The topological polar surface area (TPSA) is 53.3 Å². The first-order valence-electron chi connectivity index (χ1n) is 10.9. The van der Waals surface area contributed by atoms with Crippen molar-refractivity contribution in [3.63, 3.8) is 0 Å². The number of nitrogens with zero attached hydrogens (tertiary/aromatic N) is 3. The molecule has 1 aliphatic heterocycles. The van der Waals surface area contributed by atoms with Crippen molar-refractivity contribution in [3.8, 4) is 16.9 Å². The van der Waals surface area contributed by atoms with Gasteiger partial charge in [-0.2, -0.15) is 0 Å². The van der Waals surface area contributed by atoms with Gasteiger partial charge in [-0.05, 0) is 56.4 Å². The summed E-state index contributed by atoms with van der Waals surface area (Å²) in [5, 5.41) is 14.3. The fraction of sp³-hybridized carbons (Fsp3) is 0.458. The van der Waals surface area contributed by atoms with Crippen molar-refractivity contribution >= 4 is 10.9 Å². The lowest BCUT2D eigenvalue weighted by atomic mass is 9.89. The van der Waals surface area contributed by atoms with Crippen LogP contribution in [0.4, 0.5) is 0 Å². The summed E-state index contributed by atoms with van der Waals surface area (Å²) in [5.41, 5.74) is 4.68. The number of phenols is 1. The summed E-state index contributed by atoms with van der Waals surface area (Å²) in [5.74, 6) is 0.303. The zero-order valence-corrected chi connectivity index (χ0v) is 17.1. The molecule has 1 aliphatic carbocycles. The number of hydrogen-bond donors (Lipinski definition) is 2. The molecule has 5 heteroatoms. The summed E-state index contributed by atoms with van der Waals surface area (Å²) in [7, 11) is 0. The lowest BCUT2D eigenvalue weighted by molar-refractivity contribution is 0.124. The lowest BCUT2D eigenvalue weighted by Gasteiger charge is -2.39. The van der Waals surface area contributed by atoms with Crippen LogP contribution in [0.5, 0.6) is 5.75 Å². The van der Waals surface area contributed by atoms with Crippen LogP contribution in [-0.2, 0) is 0 Å². The number of pyridine rings is 1. The third kappa shape index (κ3) is 3.65. The molecule has 152 valence electrons. The number of fused-ring (bicyclic) bond motifs is 1. The van der Waals surface area contributed by atoms with Gasteiger partial charge in [0.15, 0.2) is 0 Å². The standard InChI is InChI=1S/C24H30N4O/c1-17-14-24-22(15-26-17)23(18-2-8-21(29)9-3-18)16-28(24)20-6-4-19(5-7-20)27-12-10-25-11-13-27/h2-3,8-9,14-16,19-20,25,29H,4-7,10-13H2,1H3. The van der Waals surface area contributed by atoms with Gasteiger partial charge >= 0.3 is 0 Å². The minimum Gasteiger partial charge on any atom is -0.508 e. The second-order valence-electron chi connectivity index (χ2n) is 8.59. The highest BCUT2D eigenvalue weighted by atomic mass is 16.3. The molecule has 29 heavy (non-hydrogen) atoms. The van der Waals surface area contributed by atoms with Gasteiger partial charge in [-0.1, -0.05) is 12.1 Å².